The van der Waals surface area contributed by atoms with Gasteiger partial charge in [0, 0.05) is 18.3 Å². The van der Waals surface area contributed by atoms with Crippen LogP contribution in [-0.4, -0.2) is 12.1 Å². The van der Waals surface area contributed by atoms with Crippen molar-refractivity contribution in [2.45, 2.75) is 38.3 Å². The van der Waals surface area contributed by atoms with Crippen molar-refractivity contribution >= 4 is 11.7 Å². The topological polar surface area (TPSA) is 67.1 Å². The smallest absolute Gasteiger partial charge is 0.319 e. The average Bonchev–Trinajstić information content (AvgIpc) is 2.82. The summed E-state index contributed by atoms with van der Waals surface area (Å²) in [7, 11) is 0. The molecule has 0 bridgehead atoms. The lowest BCUT2D eigenvalue weighted by Gasteiger charge is -2.13. The van der Waals surface area contributed by atoms with Gasteiger partial charge in [0.15, 0.2) is 0 Å². The fraction of sp³-hybridized carbons (Fsp3) is 0.462. The summed E-state index contributed by atoms with van der Waals surface area (Å²) in [6, 6.07) is 7.83. The Morgan fingerprint density at radius 2 is 2.12 bits per heavy atom. The average molecular weight is 233 g/mol. The molecule has 2 amide bonds. The summed E-state index contributed by atoms with van der Waals surface area (Å²) in [4.78, 5) is 11.7. The first-order valence-corrected chi connectivity index (χ1v) is 6.14. The molecule has 0 atom stereocenters. The fourth-order valence-corrected chi connectivity index (χ4v) is 2.20. The van der Waals surface area contributed by atoms with Crippen LogP contribution in [0.5, 0.6) is 0 Å². The van der Waals surface area contributed by atoms with E-state index < -0.39 is 0 Å². The van der Waals surface area contributed by atoms with Gasteiger partial charge < -0.3 is 16.4 Å². The van der Waals surface area contributed by atoms with Crippen LogP contribution in [0, 0.1) is 0 Å². The second kappa shape index (κ2) is 5.68. The Bertz CT molecular complexity index is 386. The Morgan fingerprint density at radius 3 is 2.82 bits per heavy atom. The van der Waals surface area contributed by atoms with Crippen LogP contribution < -0.4 is 16.4 Å². The number of carbonyl (C=O) groups excluding carboxylic acids is 1. The lowest BCUT2D eigenvalue weighted by atomic mass is 10.2. The molecule has 1 aliphatic carbocycles. The molecule has 0 heterocycles. The van der Waals surface area contributed by atoms with E-state index in [-0.39, 0.29) is 6.03 Å². The van der Waals surface area contributed by atoms with Gasteiger partial charge in [-0.05, 0) is 30.5 Å². The van der Waals surface area contributed by atoms with Crippen molar-refractivity contribution in [3.8, 4) is 0 Å². The lowest BCUT2D eigenvalue weighted by Crippen LogP contribution is -2.36. The number of hydrogen-bond donors (Lipinski definition) is 3. The fourth-order valence-electron chi connectivity index (χ4n) is 2.20. The van der Waals surface area contributed by atoms with Crippen molar-refractivity contribution in [3.63, 3.8) is 0 Å². The van der Waals surface area contributed by atoms with Crippen LogP contribution in [0.4, 0.5) is 10.5 Å². The number of nitrogens with two attached hydrogens (primary N) is 1. The van der Waals surface area contributed by atoms with E-state index in [9.17, 15) is 4.79 Å². The number of rotatable bonds is 3. The molecule has 4 N–H and O–H groups in total. The zero-order valence-corrected chi connectivity index (χ0v) is 9.91. The largest absolute Gasteiger partial charge is 0.335 e. The van der Waals surface area contributed by atoms with E-state index in [4.69, 9.17) is 5.73 Å². The molecular weight excluding hydrogens is 214 g/mol. The van der Waals surface area contributed by atoms with Crippen LogP contribution in [0.15, 0.2) is 24.3 Å². The molecule has 1 fully saturated rings. The van der Waals surface area contributed by atoms with Gasteiger partial charge in [-0.1, -0.05) is 25.0 Å². The summed E-state index contributed by atoms with van der Waals surface area (Å²) in [5, 5.41) is 5.82. The van der Waals surface area contributed by atoms with Crippen molar-refractivity contribution in [1.82, 2.24) is 5.32 Å². The van der Waals surface area contributed by atoms with Crippen LogP contribution in [0.2, 0.25) is 0 Å². The molecule has 1 aliphatic rings. The third-order valence-electron chi connectivity index (χ3n) is 3.11. The lowest BCUT2D eigenvalue weighted by molar-refractivity contribution is 0.248. The normalized spacial score (nSPS) is 15.8. The molecule has 0 saturated heterocycles. The van der Waals surface area contributed by atoms with E-state index in [2.05, 4.69) is 10.6 Å². The maximum absolute atomic E-state index is 11.7. The predicted molar refractivity (Wildman–Crippen MR) is 68.7 cm³/mol. The SMILES string of the molecule is NCc1cccc(NC(=O)NC2CCCC2)c1. The first kappa shape index (κ1) is 11.9. The number of urea groups is 1. The van der Waals surface area contributed by atoms with Crippen molar-refractivity contribution < 1.29 is 4.79 Å². The summed E-state index contributed by atoms with van der Waals surface area (Å²) in [5.74, 6) is 0. The first-order chi connectivity index (χ1) is 8.28. The van der Waals surface area contributed by atoms with E-state index in [1.165, 1.54) is 12.8 Å². The van der Waals surface area contributed by atoms with E-state index in [0.717, 1.165) is 24.1 Å². The Balaban J connectivity index is 1.88. The van der Waals surface area contributed by atoms with Gasteiger partial charge in [0.05, 0.1) is 0 Å². The van der Waals surface area contributed by atoms with Crippen LogP contribution in [-0.2, 0) is 6.54 Å². The molecule has 1 saturated carbocycles. The molecule has 0 aliphatic heterocycles. The van der Waals surface area contributed by atoms with Gasteiger partial charge >= 0.3 is 6.03 Å². The third-order valence-corrected chi connectivity index (χ3v) is 3.11. The van der Waals surface area contributed by atoms with Crippen LogP contribution in [0.3, 0.4) is 0 Å². The number of carbonyl (C=O) groups is 1. The van der Waals surface area contributed by atoms with Gasteiger partial charge in [0.25, 0.3) is 0 Å². The molecule has 1 aromatic carbocycles. The molecule has 1 aromatic rings. The summed E-state index contributed by atoms with van der Waals surface area (Å²) >= 11 is 0. The summed E-state index contributed by atoms with van der Waals surface area (Å²) in [6.45, 7) is 0.486. The molecule has 2 rings (SSSR count). The van der Waals surface area contributed by atoms with Gasteiger partial charge in [0.2, 0.25) is 0 Å². The number of hydrogen-bond acceptors (Lipinski definition) is 2. The number of amides is 2. The maximum atomic E-state index is 11.7. The minimum absolute atomic E-state index is 0.119. The predicted octanol–water partition coefficient (Wildman–Crippen LogP) is 2.21. The monoisotopic (exact) mass is 233 g/mol. The molecule has 92 valence electrons. The van der Waals surface area contributed by atoms with Gasteiger partial charge in [0.1, 0.15) is 0 Å². The summed E-state index contributed by atoms with van der Waals surface area (Å²) in [5.41, 5.74) is 7.37. The Hall–Kier alpha value is -1.55. The molecule has 4 heteroatoms. The molecular formula is C13H19N3O. The van der Waals surface area contributed by atoms with Crippen molar-refractivity contribution in [2.24, 2.45) is 5.73 Å². The molecule has 0 aromatic heterocycles. The quantitative estimate of drug-likeness (QED) is 0.749. The van der Waals surface area contributed by atoms with Crippen LogP contribution in [0.25, 0.3) is 0 Å². The number of benzene rings is 1. The highest BCUT2D eigenvalue weighted by molar-refractivity contribution is 5.89. The van der Waals surface area contributed by atoms with Crippen LogP contribution >= 0.6 is 0 Å². The highest BCUT2D eigenvalue weighted by Crippen LogP contribution is 2.18. The third kappa shape index (κ3) is 3.46. The second-order valence-corrected chi connectivity index (χ2v) is 4.48. The Labute approximate surface area is 102 Å². The minimum Gasteiger partial charge on any atom is -0.335 e. The van der Waals surface area contributed by atoms with E-state index in [1.54, 1.807) is 0 Å². The standard InChI is InChI=1S/C13H19N3O/c14-9-10-4-3-7-12(8-10)16-13(17)15-11-5-1-2-6-11/h3-4,7-8,11H,1-2,5-6,9,14H2,(H2,15,16,17). The van der Waals surface area contributed by atoms with Crippen LogP contribution in [0.1, 0.15) is 31.2 Å². The van der Waals surface area contributed by atoms with E-state index in [0.29, 0.717) is 12.6 Å². The minimum atomic E-state index is -0.119. The molecule has 4 nitrogen and oxygen atoms in total. The molecule has 0 unspecified atom stereocenters. The number of anilines is 1. The number of nitrogens with one attached hydrogen (secondary N) is 2. The maximum Gasteiger partial charge on any atom is 0.319 e. The molecule has 0 spiro atoms. The summed E-state index contributed by atoms with van der Waals surface area (Å²) < 4.78 is 0. The van der Waals surface area contributed by atoms with Gasteiger partial charge in [-0.25, -0.2) is 4.79 Å². The molecule has 17 heavy (non-hydrogen) atoms. The van der Waals surface area contributed by atoms with E-state index in [1.807, 2.05) is 24.3 Å². The highest BCUT2D eigenvalue weighted by atomic mass is 16.2. The zero-order chi connectivity index (χ0) is 12.1. The second-order valence-electron chi connectivity index (χ2n) is 4.48. The van der Waals surface area contributed by atoms with Crippen molar-refractivity contribution in [1.29, 1.82) is 0 Å². The Kier molecular flexibility index (Phi) is 3.98. The zero-order valence-electron chi connectivity index (χ0n) is 9.91. The van der Waals surface area contributed by atoms with Gasteiger partial charge in [-0.2, -0.15) is 0 Å². The first-order valence-electron chi connectivity index (χ1n) is 6.14. The highest BCUT2D eigenvalue weighted by Gasteiger charge is 2.16. The van der Waals surface area contributed by atoms with Crippen molar-refractivity contribution in [2.75, 3.05) is 5.32 Å². The van der Waals surface area contributed by atoms with Gasteiger partial charge in [-0.15, -0.1) is 0 Å². The van der Waals surface area contributed by atoms with E-state index >= 15 is 0 Å². The van der Waals surface area contributed by atoms with Gasteiger partial charge in [-0.3, -0.25) is 0 Å². The Morgan fingerprint density at radius 1 is 1.35 bits per heavy atom. The summed E-state index contributed by atoms with van der Waals surface area (Å²) in [6.07, 6.45) is 4.62. The van der Waals surface area contributed by atoms with Crippen molar-refractivity contribution in [3.05, 3.63) is 29.8 Å². The molecule has 0 radical (unpaired) electrons.